The van der Waals surface area contributed by atoms with Crippen LogP contribution in [0.1, 0.15) is 0 Å². The number of nitro benzene ring substituents is 1. The third-order valence-corrected chi connectivity index (χ3v) is 2.67. The minimum absolute atomic E-state index is 0.0225. The minimum atomic E-state index is -0.604. The first-order valence-electron chi connectivity index (χ1n) is 3.95. The summed E-state index contributed by atoms with van der Waals surface area (Å²) < 4.78 is 0. The third-order valence-electron chi connectivity index (χ3n) is 1.83. The zero-order valence-electron chi connectivity index (χ0n) is 7.45. The minimum Gasteiger partial charge on any atom is -0.258 e. The zero-order valence-corrected chi connectivity index (χ0v) is 9.71. The molecule has 5 nitrogen and oxygen atoms in total. The van der Waals surface area contributed by atoms with Crippen molar-refractivity contribution in [2.45, 2.75) is 0 Å². The van der Waals surface area contributed by atoms with E-state index in [2.05, 4.69) is 9.97 Å². The van der Waals surface area contributed by atoms with Crippen molar-refractivity contribution >= 4 is 51.5 Å². The Morgan fingerprint density at radius 2 is 1.75 bits per heavy atom. The average molecular weight is 278 g/mol. The zero-order chi connectivity index (χ0) is 11.9. The lowest BCUT2D eigenvalue weighted by Crippen LogP contribution is -1.94. The summed E-state index contributed by atoms with van der Waals surface area (Å²) in [5, 5.41) is 10.8. The lowest BCUT2D eigenvalue weighted by Gasteiger charge is -2.01. The molecule has 0 fully saturated rings. The molecule has 0 spiro atoms. The molecule has 0 N–H and O–H groups in total. The van der Waals surface area contributed by atoms with E-state index < -0.39 is 4.92 Å². The molecular weight excluding hydrogens is 276 g/mol. The monoisotopic (exact) mass is 277 g/mol. The molecule has 0 radical (unpaired) electrons. The number of aromatic nitrogens is 2. The highest BCUT2D eigenvalue weighted by Crippen LogP contribution is 2.30. The molecule has 0 atom stereocenters. The quantitative estimate of drug-likeness (QED) is 0.591. The number of hydrogen-bond acceptors (Lipinski definition) is 4. The van der Waals surface area contributed by atoms with Gasteiger partial charge in [-0.05, 0) is 6.07 Å². The van der Waals surface area contributed by atoms with Gasteiger partial charge in [0.2, 0.25) is 0 Å². The molecule has 0 aliphatic heterocycles. The maximum Gasteiger partial charge on any atom is 0.298 e. The molecule has 8 heteroatoms. The summed E-state index contributed by atoms with van der Waals surface area (Å²) in [6.45, 7) is 0. The highest BCUT2D eigenvalue weighted by atomic mass is 35.5. The number of rotatable bonds is 1. The van der Waals surface area contributed by atoms with E-state index in [4.69, 9.17) is 34.8 Å². The summed E-state index contributed by atoms with van der Waals surface area (Å²) in [4.78, 5) is 17.8. The molecule has 0 unspecified atom stereocenters. The van der Waals surface area contributed by atoms with Crippen molar-refractivity contribution in [1.82, 2.24) is 9.97 Å². The Kier molecular flexibility index (Phi) is 2.84. The van der Waals surface area contributed by atoms with E-state index in [1.165, 1.54) is 12.1 Å². The van der Waals surface area contributed by atoms with E-state index in [0.717, 1.165) is 0 Å². The van der Waals surface area contributed by atoms with Crippen LogP contribution >= 0.6 is 34.8 Å². The van der Waals surface area contributed by atoms with E-state index >= 15 is 0 Å². The van der Waals surface area contributed by atoms with Crippen molar-refractivity contribution in [3.05, 3.63) is 37.6 Å². The summed E-state index contributed by atoms with van der Waals surface area (Å²) in [7, 11) is 0. The Balaban J connectivity index is 2.90. The molecule has 1 heterocycles. The lowest BCUT2D eigenvalue weighted by atomic mass is 10.2. The van der Waals surface area contributed by atoms with E-state index in [1.54, 1.807) is 0 Å². The molecular formula is C8H2Cl3N3O2. The van der Waals surface area contributed by atoms with Crippen LogP contribution < -0.4 is 0 Å². The van der Waals surface area contributed by atoms with Crippen molar-refractivity contribution in [3.8, 4) is 0 Å². The van der Waals surface area contributed by atoms with Crippen LogP contribution in [0.3, 0.4) is 0 Å². The van der Waals surface area contributed by atoms with Gasteiger partial charge in [-0.1, -0.05) is 34.8 Å². The van der Waals surface area contributed by atoms with Gasteiger partial charge < -0.3 is 0 Å². The van der Waals surface area contributed by atoms with Crippen molar-refractivity contribution in [3.63, 3.8) is 0 Å². The maximum absolute atomic E-state index is 10.8. The largest absolute Gasteiger partial charge is 0.298 e. The molecule has 2 rings (SSSR count). The Morgan fingerprint density at radius 3 is 2.38 bits per heavy atom. The number of non-ortho nitro benzene ring substituents is 1. The van der Waals surface area contributed by atoms with E-state index in [1.807, 2.05) is 0 Å². The van der Waals surface area contributed by atoms with Gasteiger partial charge in [-0.15, -0.1) is 0 Å². The van der Waals surface area contributed by atoms with Gasteiger partial charge in [0, 0.05) is 11.1 Å². The number of nitrogens with zero attached hydrogens (tertiary/aromatic N) is 3. The summed E-state index contributed by atoms with van der Waals surface area (Å²) in [6, 6.07) is 2.61. The molecule has 1 aromatic heterocycles. The second-order valence-electron chi connectivity index (χ2n) is 2.85. The number of halogens is 3. The maximum atomic E-state index is 10.8. The molecule has 16 heavy (non-hydrogen) atoms. The third kappa shape index (κ3) is 1.89. The van der Waals surface area contributed by atoms with Crippen molar-refractivity contribution < 1.29 is 4.92 Å². The van der Waals surface area contributed by atoms with Crippen LogP contribution in [0.2, 0.25) is 15.3 Å². The summed E-state index contributed by atoms with van der Waals surface area (Å²) in [5.41, 5.74) is 0.0333. The van der Waals surface area contributed by atoms with Crippen LogP contribution in [0.15, 0.2) is 12.1 Å². The van der Waals surface area contributed by atoms with Gasteiger partial charge in [0.25, 0.3) is 5.69 Å². The van der Waals surface area contributed by atoms with Crippen LogP contribution in [0.5, 0.6) is 0 Å². The predicted octanol–water partition coefficient (Wildman–Crippen LogP) is 3.50. The summed E-state index contributed by atoms with van der Waals surface area (Å²) in [5.74, 6) is 0. The smallest absolute Gasteiger partial charge is 0.258 e. The van der Waals surface area contributed by atoms with Crippen LogP contribution in [0.25, 0.3) is 11.0 Å². The van der Waals surface area contributed by atoms with E-state index in [9.17, 15) is 10.1 Å². The second-order valence-corrected chi connectivity index (χ2v) is 4.01. The molecule has 2 aromatic rings. The summed E-state index contributed by atoms with van der Waals surface area (Å²) >= 11 is 17.0. The molecule has 0 aliphatic carbocycles. The van der Waals surface area contributed by atoms with Crippen LogP contribution in [-0.4, -0.2) is 14.9 Å². The predicted molar refractivity (Wildman–Crippen MR) is 61.2 cm³/mol. The fourth-order valence-electron chi connectivity index (χ4n) is 1.21. The van der Waals surface area contributed by atoms with Gasteiger partial charge in [-0.2, -0.15) is 0 Å². The topological polar surface area (TPSA) is 68.9 Å². The Bertz CT molecular complexity index is 603. The molecule has 82 valence electrons. The van der Waals surface area contributed by atoms with Crippen molar-refractivity contribution in [2.75, 3.05) is 0 Å². The first kappa shape index (κ1) is 11.3. The normalized spacial score (nSPS) is 10.7. The van der Waals surface area contributed by atoms with Gasteiger partial charge >= 0.3 is 0 Å². The van der Waals surface area contributed by atoms with Crippen molar-refractivity contribution in [1.29, 1.82) is 0 Å². The van der Waals surface area contributed by atoms with E-state index in [0.29, 0.717) is 0 Å². The van der Waals surface area contributed by atoms with Gasteiger partial charge in [-0.3, -0.25) is 10.1 Å². The molecule has 1 aromatic carbocycles. The standard InChI is InChI=1S/C8H2Cl3N3O2/c9-3-1-4-6(5(2-3)14(15)16)13-8(11)7(10)12-4/h1-2H. The highest BCUT2D eigenvalue weighted by molar-refractivity contribution is 6.40. The Morgan fingerprint density at radius 1 is 1.12 bits per heavy atom. The lowest BCUT2D eigenvalue weighted by molar-refractivity contribution is -0.383. The van der Waals surface area contributed by atoms with Crippen LogP contribution in [0.4, 0.5) is 5.69 Å². The molecule has 0 saturated heterocycles. The Hall–Kier alpha value is -1.17. The van der Waals surface area contributed by atoms with Gasteiger partial charge in [0.05, 0.1) is 10.4 Å². The number of benzene rings is 1. The molecule has 0 aliphatic rings. The number of nitro groups is 1. The first-order valence-corrected chi connectivity index (χ1v) is 5.09. The molecule has 0 amide bonds. The number of fused-ring (bicyclic) bond motifs is 1. The van der Waals surface area contributed by atoms with Crippen LogP contribution in [0, 0.1) is 10.1 Å². The van der Waals surface area contributed by atoms with Crippen LogP contribution in [-0.2, 0) is 0 Å². The van der Waals surface area contributed by atoms with E-state index in [-0.39, 0.29) is 32.0 Å². The number of hydrogen-bond donors (Lipinski definition) is 0. The summed E-state index contributed by atoms with van der Waals surface area (Å²) in [6.07, 6.45) is 0. The highest BCUT2D eigenvalue weighted by Gasteiger charge is 2.17. The van der Waals surface area contributed by atoms with Gasteiger partial charge in [0.15, 0.2) is 15.8 Å². The second kappa shape index (κ2) is 4.01. The SMILES string of the molecule is O=[N+]([O-])c1cc(Cl)cc2nc(Cl)c(Cl)nc12. The van der Waals surface area contributed by atoms with Gasteiger partial charge in [-0.25, -0.2) is 9.97 Å². The fraction of sp³-hybridized carbons (Fsp3) is 0. The fourth-order valence-corrected chi connectivity index (χ4v) is 1.67. The van der Waals surface area contributed by atoms with Crippen molar-refractivity contribution in [2.24, 2.45) is 0 Å². The van der Waals surface area contributed by atoms with Gasteiger partial charge in [0.1, 0.15) is 0 Å². The molecule has 0 saturated carbocycles. The Labute approximate surface area is 104 Å². The first-order chi connectivity index (χ1) is 7.49. The molecule has 0 bridgehead atoms. The average Bonchev–Trinajstić information content (AvgIpc) is 2.19.